The highest BCUT2D eigenvalue weighted by molar-refractivity contribution is 5.14. The summed E-state index contributed by atoms with van der Waals surface area (Å²) in [6.07, 6.45) is 8.28. The van der Waals surface area contributed by atoms with E-state index < -0.39 is 0 Å². The van der Waals surface area contributed by atoms with Crippen LogP contribution < -0.4 is 0 Å². The Bertz CT molecular complexity index is 295. The molecule has 0 bridgehead atoms. The summed E-state index contributed by atoms with van der Waals surface area (Å²) in [7, 11) is 0. The maximum atomic E-state index is 9.87. The third kappa shape index (κ3) is 1.82. The van der Waals surface area contributed by atoms with Gasteiger partial charge >= 0.3 is 0 Å². The standard InChI is InChI=1S/C11H18N2O/c1-2-13-8-9(7-12-13)10-5-3-4-6-11(10)14/h7-8,10-11,14H,2-6H2,1H3. The van der Waals surface area contributed by atoms with Gasteiger partial charge in [0.2, 0.25) is 0 Å². The average Bonchev–Trinajstić information content (AvgIpc) is 2.67. The molecule has 1 aromatic rings. The number of nitrogens with zero attached hydrogens (tertiary/aromatic N) is 2. The van der Waals surface area contributed by atoms with Crippen molar-refractivity contribution in [2.75, 3.05) is 0 Å². The van der Waals surface area contributed by atoms with Crippen molar-refractivity contribution in [3.05, 3.63) is 18.0 Å². The largest absolute Gasteiger partial charge is 0.392 e. The van der Waals surface area contributed by atoms with E-state index >= 15 is 0 Å². The van der Waals surface area contributed by atoms with Crippen LogP contribution in [-0.4, -0.2) is 21.0 Å². The van der Waals surface area contributed by atoms with Crippen molar-refractivity contribution in [3.8, 4) is 0 Å². The van der Waals surface area contributed by atoms with Crippen LogP contribution in [0.25, 0.3) is 0 Å². The number of aromatic nitrogens is 2. The molecule has 0 aliphatic heterocycles. The lowest BCUT2D eigenvalue weighted by Crippen LogP contribution is -2.22. The predicted molar refractivity (Wildman–Crippen MR) is 55.1 cm³/mol. The first-order valence-electron chi connectivity index (χ1n) is 5.51. The Morgan fingerprint density at radius 1 is 1.50 bits per heavy atom. The van der Waals surface area contributed by atoms with Crippen LogP contribution >= 0.6 is 0 Å². The maximum Gasteiger partial charge on any atom is 0.0609 e. The van der Waals surface area contributed by atoms with E-state index in [1.807, 2.05) is 10.9 Å². The quantitative estimate of drug-likeness (QED) is 0.781. The average molecular weight is 194 g/mol. The molecule has 1 saturated carbocycles. The van der Waals surface area contributed by atoms with Gasteiger partial charge in [-0.3, -0.25) is 4.68 Å². The van der Waals surface area contributed by atoms with E-state index in [-0.39, 0.29) is 6.10 Å². The van der Waals surface area contributed by atoms with Gasteiger partial charge in [0, 0.05) is 18.7 Å². The van der Waals surface area contributed by atoms with E-state index in [0.29, 0.717) is 5.92 Å². The Hall–Kier alpha value is -0.830. The highest BCUT2D eigenvalue weighted by Gasteiger charge is 2.25. The molecule has 0 amide bonds. The van der Waals surface area contributed by atoms with Crippen LogP contribution in [0.15, 0.2) is 12.4 Å². The summed E-state index contributed by atoms with van der Waals surface area (Å²) >= 11 is 0. The number of hydrogen-bond donors (Lipinski definition) is 1. The molecule has 3 heteroatoms. The highest BCUT2D eigenvalue weighted by atomic mass is 16.3. The molecule has 1 fully saturated rings. The van der Waals surface area contributed by atoms with Gasteiger partial charge in [-0.05, 0) is 25.3 Å². The fourth-order valence-corrected chi connectivity index (χ4v) is 2.24. The smallest absolute Gasteiger partial charge is 0.0609 e. The normalized spacial score (nSPS) is 27.9. The zero-order valence-corrected chi connectivity index (χ0v) is 8.69. The van der Waals surface area contributed by atoms with E-state index in [1.54, 1.807) is 0 Å². The lowest BCUT2D eigenvalue weighted by molar-refractivity contribution is 0.106. The molecule has 1 N–H and O–H groups in total. The molecule has 2 rings (SSSR count). The van der Waals surface area contributed by atoms with Crippen LogP contribution in [0.2, 0.25) is 0 Å². The van der Waals surface area contributed by atoms with Gasteiger partial charge in [0.05, 0.1) is 12.3 Å². The Balaban J connectivity index is 2.12. The van der Waals surface area contributed by atoms with Gasteiger partial charge in [-0.2, -0.15) is 5.10 Å². The molecule has 0 spiro atoms. The highest BCUT2D eigenvalue weighted by Crippen LogP contribution is 2.32. The summed E-state index contributed by atoms with van der Waals surface area (Å²) in [6.45, 7) is 2.98. The van der Waals surface area contributed by atoms with E-state index in [0.717, 1.165) is 19.4 Å². The van der Waals surface area contributed by atoms with Crippen LogP contribution in [0, 0.1) is 0 Å². The molecular weight excluding hydrogens is 176 g/mol. The predicted octanol–water partition coefficient (Wildman–Crippen LogP) is 1.92. The summed E-state index contributed by atoms with van der Waals surface area (Å²) in [4.78, 5) is 0. The minimum Gasteiger partial charge on any atom is -0.392 e. The van der Waals surface area contributed by atoms with Crippen LogP contribution in [0.5, 0.6) is 0 Å². The summed E-state index contributed by atoms with van der Waals surface area (Å²) in [5, 5.41) is 14.1. The molecule has 1 aliphatic rings. The van der Waals surface area contributed by atoms with E-state index in [9.17, 15) is 5.11 Å². The van der Waals surface area contributed by atoms with Crippen molar-refractivity contribution in [3.63, 3.8) is 0 Å². The van der Waals surface area contributed by atoms with E-state index in [4.69, 9.17) is 0 Å². The second-order valence-electron chi connectivity index (χ2n) is 4.09. The third-order valence-electron chi connectivity index (χ3n) is 3.13. The molecule has 3 nitrogen and oxygen atoms in total. The number of hydrogen-bond acceptors (Lipinski definition) is 2. The van der Waals surface area contributed by atoms with Gasteiger partial charge in [-0.15, -0.1) is 0 Å². The van der Waals surface area contributed by atoms with Crippen molar-refractivity contribution < 1.29 is 5.11 Å². The Labute approximate surface area is 84.7 Å². The number of aliphatic hydroxyl groups excluding tert-OH is 1. The topological polar surface area (TPSA) is 38.0 Å². The van der Waals surface area contributed by atoms with Gasteiger partial charge in [-0.1, -0.05) is 12.8 Å². The molecule has 2 unspecified atom stereocenters. The van der Waals surface area contributed by atoms with E-state index in [2.05, 4.69) is 18.2 Å². The molecule has 1 aromatic heterocycles. The second-order valence-corrected chi connectivity index (χ2v) is 4.09. The number of aliphatic hydroxyl groups is 1. The van der Waals surface area contributed by atoms with Gasteiger partial charge in [-0.25, -0.2) is 0 Å². The molecule has 78 valence electrons. The lowest BCUT2D eigenvalue weighted by atomic mass is 9.83. The molecule has 1 aliphatic carbocycles. The summed E-state index contributed by atoms with van der Waals surface area (Å²) in [6, 6.07) is 0. The zero-order valence-electron chi connectivity index (χ0n) is 8.69. The SMILES string of the molecule is CCn1cc(C2CCCCC2O)cn1. The first kappa shape index (κ1) is 9.71. The second kappa shape index (κ2) is 4.13. The van der Waals surface area contributed by atoms with Crippen LogP contribution in [0.1, 0.15) is 44.1 Å². The Morgan fingerprint density at radius 2 is 2.29 bits per heavy atom. The number of rotatable bonds is 2. The van der Waals surface area contributed by atoms with Crippen molar-refractivity contribution in [1.82, 2.24) is 9.78 Å². The fourth-order valence-electron chi connectivity index (χ4n) is 2.24. The first-order valence-corrected chi connectivity index (χ1v) is 5.51. The number of aryl methyl sites for hydroxylation is 1. The molecule has 2 atom stereocenters. The van der Waals surface area contributed by atoms with E-state index in [1.165, 1.54) is 18.4 Å². The fraction of sp³-hybridized carbons (Fsp3) is 0.727. The first-order chi connectivity index (χ1) is 6.81. The van der Waals surface area contributed by atoms with Gasteiger partial charge in [0.15, 0.2) is 0 Å². The molecule has 1 heterocycles. The lowest BCUT2D eigenvalue weighted by Gasteiger charge is -2.26. The third-order valence-corrected chi connectivity index (χ3v) is 3.13. The monoisotopic (exact) mass is 194 g/mol. The van der Waals surface area contributed by atoms with Crippen LogP contribution in [0.4, 0.5) is 0 Å². The molecule has 14 heavy (non-hydrogen) atoms. The van der Waals surface area contributed by atoms with Crippen LogP contribution in [0.3, 0.4) is 0 Å². The zero-order chi connectivity index (χ0) is 9.97. The molecular formula is C11H18N2O. The molecule has 0 aromatic carbocycles. The van der Waals surface area contributed by atoms with Crippen LogP contribution in [-0.2, 0) is 6.54 Å². The van der Waals surface area contributed by atoms with Crippen molar-refractivity contribution in [1.29, 1.82) is 0 Å². The molecule has 0 radical (unpaired) electrons. The van der Waals surface area contributed by atoms with Crippen molar-refractivity contribution in [2.45, 2.75) is 51.2 Å². The molecule has 0 saturated heterocycles. The minimum atomic E-state index is -0.154. The summed E-state index contributed by atoms with van der Waals surface area (Å²) in [5.41, 5.74) is 1.21. The Kier molecular flexibility index (Phi) is 2.87. The minimum absolute atomic E-state index is 0.154. The van der Waals surface area contributed by atoms with Crippen molar-refractivity contribution in [2.24, 2.45) is 0 Å². The van der Waals surface area contributed by atoms with Gasteiger partial charge in [0.25, 0.3) is 0 Å². The Morgan fingerprint density at radius 3 is 2.93 bits per heavy atom. The summed E-state index contributed by atoms with van der Waals surface area (Å²) in [5.74, 6) is 0.323. The summed E-state index contributed by atoms with van der Waals surface area (Å²) < 4.78 is 1.93. The maximum absolute atomic E-state index is 9.87. The van der Waals surface area contributed by atoms with Gasteiger partial charge < -0.3 is 5.11 Å². The van der Waals surface area contributed by atoms with Crippen molar-refractivity contribution >= 4 is 0 Å². The van der Waals surface area contributed by atoms with Gasteiger partial charge in [0.1, 0.15) is 0 Å².